The molecule has 3 heteroatoms. The van der Waals surface area contributed by atoms with Crippen LogP contribution in [0, 0.1) is 11.8 Å². The molecule has 0 spiro atoms. The third-order valence-corrected chi connectivity index (χ3v) is 6.81. The van der Waals surface area contributed by atoms with Gasteiger partial charge in [-0.2, -0.15) is 0 Å². The van der Waals surface area contributed by atoms with Crippen LogP contribution < -0.4 is 5.73 Å². The van der Waals surface area contributed by atoms with E-state index >= 15 is 0 Å². The Kier molecular flexibility index (Phi) is 4.63. The quantitative estimate of drug-likeness (QED) is 0.869. The number of fused-ring (bicyclic) bond motifs is 1. The van der Waals surface area contributed by atoms with Gasteiger partial charge in [-0.3, -0.25) is 4.90 Å². The van der Waals surface area contributed by atoms with Crippen LogP contribution in [-0.2, 0) is 4.74 Å². The molecular weight excluding hydrogens is 260 g/mol. The van der Waals surface area contributed by atoms with Crippen LogP contribution in [0.3, 0.4) is 0 Å². The molecular formula is C18H34N2O. The van der Waals surface area contributed by atoms with Crippen LogP contribution in [0.25, 0.3) is 0 Å². The molecule has 2 saturated heterocycles. The van der Waals surface area contributed by atoms with E-state index in [-0.39, 0.29) is 11.1 Å². The summed E-state index contributed by atoms with van der Waals surface area (Å²) in [5.74, 6) is 1.94. The number of piperidine rings is 1. The van der Waals surface area contributed by atoms with Crippen LogP contribution in [0.4, 0.5) is 0 Å². The van der Waals surface area contributed by atoms with E-state index in [0.717, 1.165) is 44.2 Å². The van der Waals surface area contributed by atoms with Gasteiger partial charge in [0.05, 0.1) is 5.60 Å². The van der Waals surface area contributed by atoms with Crippen LogP contribution in [0.15, 0.2) is 0 Å². The molecule has 3 rings (SSSR count). The second-order valence-corrected chi connectivity index (χ2v) is 8.05. The molecule has 1 aliphatic carbocycles. The summed E-state index contributed by atoms with van der Waals surface area (Å²) >= 11 is 0. The monoisotopic (exact) mass is 294 g/mol. The third-order valence-electron chi connectivity index (χ3n) is 6.81. The fourth-order valence-corrected chi connectivity index (χ4v) is 5.15. The van der Waals surface area contributed by atoms with Crippen molar-refractivity contribution in [2.24, 2.45) is 17.6 Å². The van der Waals surface area contributed by atoms with Gasteiger partial charge < -0.3 is 10.5 Å². The summed E-state index contributed by atoms with van der Waals surface area (Å²) in [6.07, 6.45) is 10.6. The zero-order valence-corrected chi connectivity index (χ0v) is 14.1. The van der Waals surface area contributed by atoms with Crippen LogP contribution in [0.5, 0.6) is 0 Å². The number of rotatable bonds is 3. The molecule has 0 aromatic rings. The van der Waals surface area contributed by atoms with Gasteiger partial charge in [0.15, 0.2) is 0 Å². The lowest BCUT2D eigenvalue weighted by atomic mass is 9.71. The third kappa shape index (κ3) is 3.02. The van der Waals surface area contributed by atoms with Crippen LogP contribution >= 0.6 is 0 Å². The maximum absolute atomic E-state index is 6.32. The fraction of sp³-hybridized carbons (Fsp3) is 1.00. The fourth-order valence-electron chi connectivity index (χ4n) is 5.15. The Morgan fingerprint density at radius 2 is 1.95 bits per heavy atom. The number of hydrogen-bond acceptors (Lipinski definition) is 3. The van der Waals surface area contributed by atoms with E-state index < -0.39 is 0 Å². The topological polar surface area (TPSA) is 38.5 Å². The summed E-state index contributed by atoms with van der Waals surface area (Å²) in [5.41, 5.74) is 6.54. The van der Waals surface area contributed by atoms with Crippen molar-refractivity contribution in [3.63, 3.8) is 0 Å². The molecule has 4 atom stereocenters. The Balaban J connectivity index is 1.73. The van der Waals surface area contributed by atoms with Gasteiger partial charge in [0.1, 0.15) is 0 Å². The highest BCUT2D eigenvalue weighted by atomic mass is 16.5. The van der Waals surface area contributed by atoms with Gasteiger partial charge >= 0.3 is 0 Å². The summed E-state index contributed by atoms with van der Waals surface area (Å²) in [7, 11) is 0. The van der Waals surface area contributed by atoms with E-state index in [1.807, 2.05) is 0 Å². The lowest BCUT2D eigenvalue weighted by molar-refractivity contribution is -0.138. The highest BCUT2D eigenvalue weighted by molar-refractivity contribution is 5.02. The van der Waals surface area contributed by atoms with Crippen molar-refractivity contribution in [3.8, 4) is 0 Å². The molecule has 3 aliphatic rings. The average molecular weight is 294 g/mol. The zero-order chi connectivity index (χ0) is 14.9. The summed E-state index contributed by atoms with van der Waals surface area (Å²) in [6.45, 7) is 8.76. The second-order valence-electron chi connectivity index (χ2n) is 8.05. The molecule has 3 fully saturated rings. The van der Waals surface area contributed by atoms with E-state index in [1.54, 1.807) is 0 Å². The number of ether oxygens (including phenoxy) is 1. The smallest absolute Gasteiger partial charge is 0.0670 e. The predicted molar refractivity (Wildman–Crippen MR) is 87.3 cm³/mol. The Hall–Kier alpha value is -0.120. The van der Waals surface area contributed by atoms with Crippen molar-refractivity contribution in [3.05, 3.63) is 0 Å². The van der Waals surface area contributed by atoms with Gasteiger partial charge in [0.25, 0.3) is 0 Å². The maximum Gasteiger partial charge on any atom is 0.0670 e. The molecule has 0 amide bonds. The summed E-state index contributed by atoms with van der Waals surface area (Å²) in [4.78, 5) is 2.77. The first-order valence-electron chi connectivity index (χ1n) is 9.20. The van der Waals surface area contributed by atoms with Crippen LogP contribution in [0.1, 0.15) is 65.2 Å². The average Bonchev–Trinajstić information content (AvgIpc) is 2.54. The minimum Gasteiger partial charge on any atom is -0.375 e. The molecule has 2 heterocycles. The predicted octanol–water partition coefficient (Wildman–Crippen LogP) is 3.18. The first kappa shape index (κ1) is 15.8. The van der Waals surface area contributed by atoms with Gasteiger partial charge in [-0.1, -0.05) is 26.2 Å². The van der Waals surface area contributed by atoms with Crippen molar-refractivity contribution < 1.29 is 4.74 Å². The molecule has 0 aromatic carbocycles. The first-order valence-corrected chi connectivity index (χ1v) is 9.20. The molecule has 2 N–H and O–H groups in total. The van der Waals surface area contributed by atoms with Gasteiger partial charge in [-0.15, -0.1) is 0 Å². The summed E-state index contributed by atoms with van der Waals surface area (Å²) < 4.78 is 6.09. The summed E-state index contributed by atoms with van der Waals surface area (Å²) in [5, 5.41) is 0. The number of hydrogen-bond donors (Lipinski definition) is 1. The van der Waals surface area contributed by atoms with E-state index in [4.69, 9.17) is 10.5 Å². The van der Waals surface area contributed by atoms with E-state index in [1.165, 1.54) is 45.2 Å². The van der Waals surface area contributed by atoms with E-state index in [9.17, 15) is 0 Å². The normalized spacial score (nSPS) is 45.3. The number of nitrogens with two attached hydrogens (primary N) is 1. The lowest BCUT2D eigenvalue weighted by Crippen LogP contribution is -2.63. The summed E-state index contributed by atoms with van der Waals surface area (Å²) in [6, 6.07) is 0. The van der Waals surface area contributed by atoms with Crippen molar-refractivity contribution in [1.29, 1.82) is 0 Å². The lowest BCUT2D eigenvalue weighted by Gasteiger charge is -2.55. The zero-order valence-electron chi connectivity index (χ0n) is 14.1. The molecule has 0 bridgehead atoms. The van der Waals surface area contributed by atoms with Crippen LogP contribution in [-0.4, -0.2) is 42.3 Å². The van der Waals surface area contributed by atoms with Crippen LogP contribution in [0.2, 0.25) is 0 Å². The van der Waals surface area contributed by atoms with Gasteiger partial charge in [-0.05, 0) is 57.4 Å². The first-order chi connectivity index (χ1) is 10.1. The number of nitrogens with zero attached hydrogens (tertiary/aromatic N) is 1. The Morgan fingerprint density at radius 3 is 2.67 bits per heavy atom. The van der Waals surface area contributed by atoms with Crippen molar-refractivity contribution in [2.75, 3.05) is 26.2 Å². The van der Waals surface area contributed by atoms with Gasteiger partial charge in [0, 0.05) is 25.2 Å². The number of likely N-dealkylation sites (tertiary alicyclic amines) is 1. The standard InChI is InChI=1S/C18H34N2O/c1-3-17(2)13-18(14-19,9-11-21-17)20-10-8-15-6-4-5-7-16(15)12-20/h15-16H,3-14,19H2,1-2H3. The van der Waals surface area contributed by atoms with E-state index in [2.05, 4.69) is 18.7 Å². The molecule has 122 valence electrons. The largest absolute Gasteiger partial charge is 0.375 e. The molecule has 0 aromatic heterocycles. The maximum atomic E-state index is 6.32. The Labute approximate surface area is 130 Å². The van der Waals surface area contributed by atoms with Crippen molar-refractivity contribution >= 4 is 0 Å². The highest BCUT2D eigenvalue weighted by Gasteiger charge is 2.47. The SMILES string of the molecule is CCC1(C)CC(CN)(N2CCC3CCCCC3C2)CCO1. The molecule has 0 radical (unpaired) electrons. The molecule has 21 heavy (non-hydrogen) atoms. The van der Waals surface area contributed by atoms with Crippen molar-refractivity contribution in [1.82, 2.24) is 4.90 Å². The van der Waals surface area contributed by atoms with Gasteiger partial charge in [-0.25, -0.2) is 0 Å². The Morgan fingerprint density at radius 1 is 1.19 bits per heavy atom. The van der Waals surface area contributed by atoms with E-state index in [0.29, 0.717) is 0 Å². The minimum absolute atomic E-state index is 0.0288. The van der Waals surface area contributed by atoms with Gasteiger partial charge in [0.2, 0.25) is 0 Å². The molecule has 4 unspecified atom stereocenters. The molecule has 2 aliphatic heterocycles. The molecule has 1 saturated carbocycles. The minimum atomic E-state index is 0.0288. The molecule has 3 nitrogen and oxygen atoms in total. The Bertz CT molecular complexity index is 361. The second kappa shape index (κ2) is 6.17. The highest BCUT2D eigenvalue weighted by Crippen LogP contribution is 2.43. The van der Waals surface area contributed by atoms with Crippen molar-refractivity contribution in [2.45, 2.75) is 76.4 Å².